The van der Waals surface area contributed by atoms with Gasteiger partial charge in [0.05, 0.1) is 23.7 Å². The third kappa shape index (κ3) is 3.61. The second-order valence-corrected chi connectivity index (χ2v) is 4.80. The van der Waals surface area contributed by atoms with Crippen molar-refractivity contribution in [1.29, 1.82) is 0 Å². The minimum atomic E-state index is -0.628. The van der Waals surface area contributed by atoms with Crippen molar-refractivity contribution in [3.8, 4) is 0 Å². The fraction of sp³-hybridized carbons (Fsp3) is 0.308. The highest BCUT2D eigenvalue weighted by molar-refractivity contribution is 5.35. The van der Waals surface area contributed by atoms with E-state index in [2.05, 4.69) is 5.10 Å². The number of nitrogens with two attached hydrogens (primary N) is 1. The molecule has 0 radical (unpaired) electrons. The minimum Gasteiger partial charge on any atom is -0.328 e. The molecule has 1 atom stereocenters. The summed E-state index contributed by atoms with van der Waals surface area (Å²) in [5, 5.41) is 14.8. The van der Waals surface area contributed by atoms with E-state index in [0.29, 0.717) is 12.0 Å². The smallest absolute Gasteiger partial charge is 0.272 e. The SMILES string of the molecule is CC(N)Cc1cnn(Cc2cc(F)cc([N+](=O)[O-])c2)c1. The molecule has 20 heavy (non-hydrogen) atoms. The molecule has 106 valence electrons. The molecule has 0 aliphatic rings. The van der Waals surface area contributed by atoms with Gasteiger partial charge in [-0.1, -0.05) is 0 Å². The maximum absolute atomic E-state index is 13.3. The summed E-state index contributed by atoms with van der Waals surface area (Å²) >= 11 is 0. The molecule has 0 amide bonds. The van der Waals surface area contributed by atoms with Crippen LogP contribution in [0.1, 0.15) is 18.1 Å². The zero-order valence-corrected chi connectivity index (χ0v) is 11.0. The van der Waals surface area contributed by atoms with Crippen LogP contribution in [0.5, 0.6) is 0 Å². The average Bonchev–Trinajstić information content (AvgIpc) is 2.74. The third-order valence-electron chi connectivity index (χ3n) is 2.74. The molecule has 2 rings (SSSR count). The van der Waals surface area contributed by atoms with Gasteiger partial charge in [-0.25, -0.2) is 4.39 Å². The Morgan fingerprint density at radius 3 is 2.85 bits per heavy atom. The van der Waals surface area contributed by atoms with Crippen LogP contribution in [-0.2, 0) is 13.0 Å². The molecule has 1 unspecified atom stereocenters. The maximum Gasteiger partial charge on any atom is 0.272 e. The Hall–Kier alpha value is -2.28. The molecule has 0 fully saturated rings. The van der Waals surface area contributed by atoms with E-state index in [0.717, 1.165) is 11.6 Å². The molecule has 1 aromatic carbocycles. The van der Waals surface area contributed by atoms with E-state index in [1.54, 1.807) is 17.1 Å². The van der Waals surface area contributed by atoms with Crippen LogP contribution in [0.25, 0.3) is 0 Å². The molecule has 2 N–H and O–H groups in total. The fourth-order valence-corrected chi connectivity index (χ4v) is 1.99. The maximum atomic E-state index is 13.3. The molecule has 0 saturated heterocycles. The predicted octanol–water partition coefficient (Wildman–Crippen LogP) is 1.87. The first-order valence-corrected chi connectivity index (χ1v) is 6.15. The Labute approximate surface area is 115 Å². The monoisotopic (exact) mass is 278 g/mol. The van der Waals surface area contributed by atoms with Crippen LogP contribution >= 0.6 is 0 Å². The van der Waals surface area contributed by atoms with Crippen molar-refractivity contribution < 1.29 is 9.31 Å². The highest BCUT2D eigenvalue weighted by Crippen LogP contribution is 2.17. The number of nitrogens with zero attached hydrogens (tertiary/aromatic N) is 3. The highest BCUT2D eigenvalue weighted by Gasteiger charge is 2.10. The molecule has 0 aliphatic carbocycles. The van der Waals surface area contributed by atoms with Crippen LogP contribution in [0.15, 0.2) is 30.6 Å². The van der Waals surface area contributed by atoms with Gasteiger partial charge in [-0.05, 0) is 30.5 Å². The van der Waals surface area contributed by atoms with Gasteiger partial charge in [0.2, 0.25) is 0 Å². The lowest BCUT2D eigenvalue weighted by molar-refractivity contribution is -0.385. The lowest BCUT2D eigenvalue weighted by Crippen LogP contribution is -2.17. The number of halogens is 1. The molecule has 0 saturated carbocycles. The first kappa shape index (κ1) is 14.1. The third-order valence-corrected chi connectivity index (χ3v) is 2.74. The molecular formula is C13H15FN4O2. The van der Waals surface area contributed by atoms with Gasteiger partial charge in [0.1, 0.15) is 5.82 Å². The van der Waals surface area contributed by atoms with Crippen molar-refractivity contribution in [3.05, 3.63) is 57.7 Å². The summed E-state index contributed by atoms with van der Waals surface area (Å²) < 4.78 is 14.9. The highest BCUT2D eigenvalue weighted by atomic mass is 19.1. The molecule has 1 aromatic heterocycles. The Kier molecular flexibility index (Phi) is 4.09. The van der Waals surface area contributed by atoms with Gasteiger partial charge >= 0.3 is 0 Å². The summed E-state index contributed by atoms with van der Waals surface area (Å²) in [4.78, 5) is 10.1. The Bertz CT molecular complexity index is 625. The minimum absolute atomic E-state index is 0.0305. The molecular weight excluding hydrogens is 263 g/mol. The van der Waals surface area contributed by atoms with E-state index >= 15 is 0 Å². The van der Waals surface area contributed by atoms with Gasteiger partial charge in [0.15, 0.2) is 0 Å². The van der Waals surface area contributed by atoms with Crippen molar-refractivity contribution >= 4 is 5.69 Å². The molecule has 0 aliphatic heterocycles. The van der Waals surface area contributed by atoms with Gasteiger partial charge in [-0.3, -0.25) is 14.8 Å². The van der Waals surface area contributed by atoms with Crippen LogP contribution in [0.3, 0.4) is 0 Å². The van der Waals surface area contributed by atoms with Crippen molar-refractivity contribution in [3.63, 3.8) is 0 Å². The summed E-state index contributed by atoms with van der Waals surface area (Å²) in [5.41, 5.74) is 6.91. The van der Waals surface area contributed by atoms with E-state index in [1.165, 1.54) is 12.1 Å². The van der Waals surface area contributed by atoms with Crippen molar-refractivity contribution in [2.45, 2.75) is 25.9 Å². The van der Waals surface area contributed by atoms with E-state index in [9.17, 15) is 14.5 Å². The molecule has 1 heterocycles. The summed E-state index contributed by atoms with van der Waals surface area (Å²) in [7, 11) is 0. The molecule has 0 spiro atoms. The first-order valence-electron chi connectivity index (χ1n) is 6.15. The number of benzene rings is 1. The average molecular weight is 278 g/mol. The standard InChI is InChI=1S/C13H15FN4O2/c1-9(15)2-11-6-16-17(8-11)7-10-3-12(14)5-13(4-10)18(19)20/h3-6,8-9H,2,7,15H2,1H3. The number of aromatic nitrogens is 2. The van der Waals surface area contributed by atoms with E-state index < -0.39 is 10.7 Å². The van der Waals surface area contributed by atoms with Crippen molar-refractivity contribution in [2.75, 3.05) is 0 Å². The second kappa shape index (κ2) is 5.79. The second-order valence-electron chi connectivity index (χ2n) is 4.80. The van der Waals surface area contributed by atoms with E-state index in [-0.39, 0.29) is 18.3 Å². The Morgan fingerprint density at radius 1 is 1.45 bits per heavy atom. The number of nitro groups is 1. The number of hydrogen-bond donors (Lipinski definition) is 1. The lowest BCUT2D eigenvalue weighted by Gasteiger charge is -2.03. The van der Waals surface area contributed by atoms with Crippen molar-refractivity contribution in [2.24, 2.45) is 5.73 Å². The molecule has 2 aromatic rings. The first-order chi connectivity index (χ1) is 9.44. The summed E-state index contributed by atoms with van der Waals surface area (Å²) in [6.45, 7) is 2.17. The normalized spacial score (nSPS) is 12.3. The summed E-state index contributed by atoms with van der Waals surface area (Å²) in [5.74, 6) is -0.628. The molecule has 0 bridgehead atoms. The Balaban J connectivity index is 2.17. The van der Waals surface area contributed by atoms with E-state index in [4.69, 9.17) is 5.73 Å². The van der Waals surface area contributed by atoms with E-state index in [1.807, 2.05) is 6.92 Å². The quantitative estimate of drug-likeness (QED) is 0.668. The summed E-state index contributed by atoms with van der Waals surface area (Å²) in [6, 6.07) is 3.53. The number of hydrogen-bond acceptors (Lipinski definition) is 4. The zero-order chi connectivity index (χ0) is 14.7. The molecule has 7 heteroatoms. The predicted molar refractivity (Wildman–Crippen MR) is 71.7 cm³/mol. The van der Waals surface area contributed by atoms with Crippen LogP contribution in [0.2, 0.25) is 0 Å². The van der Waals surface area contributed by atoms with Gasteiger partial charge in [-0.15, -0.1) is 0 Å². The zero-order valence-electron chi connectivity index (χ0n) is 11.0. The van der Waals surface area contributed by atoms with Crippen LogP contribution < -0.4 is 5.73 Å². The number of rotatable bonds is 5. The van der Waals surface area contributed by atoms with Gasteiger partial charge in [-0.2, -0.15) is 5.10 Å². The summed E-state index contributed by atoms with van der Waals surface area (Å²) in [6.07, 6.45) is 4.19. The van der Waals surface area contributed by atoms with Gasteiger partial charge < -0.3 is 5.73 Å². The van der Waals surface area contributed by atoms with Crippen LogP contribution in [0.4, 0.5) is 10.1 Å². The Morgan fingerprint density at radius 2 is 2.20 bits per heavy atom. The number of non-ortho nitro benzene ring substituents is 1. The lowest BCUT2D eigenvalue weighted by atomic mass is 10.1. The molecule has 6 nitrogen and oxygen atoms in total. The van der Waals surface area contributed by atoms with Crippen LogP contribution in [0, 0.1) is 15.9 Å². The fourth-order valence-electron chi connectivity index (χ4n) is 1.99. The number of nitro benzene ring substituents is 1. The van der Waals surface area contributed by atoms with Gasteiger partial charge in [0, 0.05) is 18.3 Å². The van der Waals surface area contributed by atoms with Crippen molar-refractivity contribution in [1.82, 2.24) is 9.78 Å². The largest absolute Gasteiger partial charge is 0.328 e. The van der Waals surface area contributed by atoms with Gasteiger partial charge in [0.25, 0.3) is 5.69 Å². The van der Waals surface area contributed by atoms with Crippen LogP contribution in [-0.4, -0.2) is 20.7 Å². The topological polar surface area (TPSA) is 87.0 Å².